The summed E-state index contributed by atoms with van der Waals surface area (Å²) >= 11 is 0. The number of anilines is 2. The van der Waals surface area contributed by atoms with E-state index >= 15 is 0 Å². The van der Waals surface area contributed by atoms with Crippen LogP contribution in [-0.2, 0) is 4.79 Å². The summed E-state index contributed by atoms with van der Waals surface area (Å²) in [6, 6.07) is 4.92. The highest BCUT2D eigenvalue weighted by atomic mass is 16.2. The van der Waals surface area contributed by atoms with E-state index in [0.29, 0.717) is 11.4 Å². The number of carbonyl (C=O) groups is 2. The summed E-state index contributed by atoms with van der Waals surface area (Å²) < 4.78 is 0. The Labute approximate surface area is 79.7 Å². The van der Waals surface area contributed by atoms with Crippen molar-refractivity contribution in [3.8, 4) is 0 Å². The zero-order chi connectivity index (χ0) is 9.71. The van der Waals surface area contributed by atoms with Gasteiger partial charge in [-0.05, 0) is 12.1 Å². The minimum atomic E-state index is -0.359. The third kappa shape index (κ3) is 0.783. The summed E-state index contributed by atoms with van der Waals surface area (Å²) in [4.78, 5) is 24.0. The number of nitrogens with one attached hydrogen (secondary N) is 1. The summed E-state index contributed by atoms with van der Waals surface area (Å²) in [5.74, 6) is -0.180. The zero-order valence-electron chi connectivity index (χ0n) is 7.15. The van der Waals surface area contributed by atoms with E-state index in [1.807, 2.05) is 0 Å². The van der Waals surface area contributed by atoms with Crippen LogP contribution in [0, 0.1) is 0 Å². The van der Waals surface area contributed by atoms with Gasteiger partial charge in [0.15, 0.2) is 0 Å². The molecule has 0 unspecified atom stereocenters. The lowest BCUT2D eigenvalue weighted by atomic mass is 10.2. The van der Waals surface area contributed by atoms with Gasteiger partial charge in [0, 0.05) is 0 Å². The third-order valence-electron chi connectivity index (χ3n) is 2.31. The Balaban J connectivity index is 2.25. The summed E-state index contributed by atoms with van der Waals surface area (Å²) in [7, 11) is 0. The molecule has 2 aliphatic rings. The van der Waals surface area contributed by atoms with E-state index in [9.17, 15) is 9.59 Å². The van der Waals surface area contributed by atoms with Gasteiger partial charge in [0.25, 0.3) is 0 Å². The minimum Gasteiger partial charge on any atom is -0.323 e. The van der Waals surface area contributed by atoms with E-state index in [1.165, 1.54) is 4.90 Å². The molecule has 3 amide bonds. The monoisotopic (exact) mass is 188 g/mol. The van der Waals surface area contributed by atoms with Gasteiger partial charge in [-0.25, -0.2) is 4.79 Å². The molecule has 1 aromatic carbocycles. The van der Waals surface area contributed by atoms with Gasteiger partial charge in [0.05, 0.1) is 17.1 Å². The zero-order valence-corrected chi connectivity index (χ0v) is 7.15. The van der Waals surface area contributed by atoms with Gasteiger partial charge in [0.2, 0.25) is 5.91 Å². The van der Waals surface area contributed by atoms with Crippen molar-refractivity contribution in [1.29, 1.82) is 0 Å². The molecule has 0 aromatic heterocycles. The molecular formula is C9H6N3O2. The number of rotatable bonds is 0. The number of carbonyl (C=O) groups excluding carboxylic acids is 2. The number of para-hydroxylation sites is 1. The average Bonchev–Trinajstić information content (AvgIpc) is 2.45. The second-order valence-corrected chi connectivity index (χ2v) is 3.20. The molecule has 5 nitrogen and oxygen atoms in total. The van der Waals surface area contributed by atoms with Gasteiger partial charge in [-0.15, -0.1) is 0 Å². The highest BCUT2D eigenvalue weighted by molar-refractivity contribution is 6.16. The fourth-order valence-electron chi connectivity index (χ4n) is 1.75. The maximum Gasteiger partial charge on any atom is 0.349 e. The Kier molecular flexibility index (Phi) is 1.19. The van der Waals surface area contributed by atoms with Gasteiger partial charge in [-0.2, -0.15) is 5.32 Å². The van der Waals surface area contributed by atoms with Crippen LogP contribution in [0.25, 0.3) is 0 Å². The Morgan fingerprint density at radius 1 is 1.36 bits per heavy atom. The summed E-state index contributed by atoms with van der Waals surface area (Å²) in [5.41, 5.74) is 2.01. The van der Waals surface area contributed by atoms with E-state index in [-0.39, 0.29) is 18.5 Å². The van der Waals surface area contributed by atoms with Crippen molar-refractivity contribution in [1.82, 2.24) is 5.32 Å². The first-order chi connectivity index (χ1) is 6.75. The van der Waals surface area contributed by atoms with E-state index < -0.39 is 0 Å². The fourth-order valence-corrected chi connectivity index (χ4v) is 1.75. The van der Waals surface area contributed by atoms with Gasteiger partial charge < -0.3 is 5.32 Å². The number of hydrogen-bond acceptors (Lipinski definition) is 2. The predicted octanol–water partition coefficient (Wildman–Crippen LogP) is 0.815. The maximum absolute atomic E-state index is 11.4. The molecule has 69 valence electrons. The van der Waals surface area contributed by atoms with Crippen molar-refractivity contribution in [2.75, 3.05) is 16.8 Å². The van der Waals surface area contributed by atoms with Gasteiger partial charge in [-0.1, -0.05) is 6.07 Å². The normalized spacial score (nSPS) is 17.6. The lowest BCUT2D eigenvalue weighted by Gasteiger charge is -2.23. The second kappa shape index (κ2) is 2.25. The SMILES string of the molecule is O=C1CN2C(=O)[N]c3cccc(c32)N1. The topological polar surface area (TPSA) is 63.5 Å². The summed E-state index contributed by atoms with van der Waals surface area (Å²) in [6.07, 6.45) is 0. The molecule has 14 heavy (non-hydrogen) atoms. The molecular weight excluding hydrogens is 182 g/mol. The quantitative estimate of drug-likeness (QED) is 0.654. The van der Waals surface area contributed by atoms with E-state index in [0.717, 1.165) is 5.69 Å². The first kappa shape index (κ1) is 7.37. The second-order valence-electron chi connectivity index (χ2n) is 3.20. The fraction of sp³-hybridized carbons (Fsp3) is 0.111. The Morgan fingerprint density at radius 3 is 3.07 bits per heavy atom. The van der Waals surface area contributed by atoms with Crippen molar-refractivity contribution in [2.45, 2.75) is 0 Å². The number of nitrogens with zero attached hydrogens (tertiary/aromatic N) is 2. The highest BCUT2D eigenvalue weighted by Gasteiger charge is 2.35. The first-order valence-corrected chi connectivity index (χ1v) is 4.22. The lowest BCUT2D eigenvalue weighted by Crippen LogP contribution is -2.39. The number of benzene rings is 1. The van der Waals surface area contributed by atoms with E-state index in [2.05, 4.69) is 10.6 Å². The molecule has 1 aromatic rings. The molecule has 0 spiro atoms. The number of amides is 3. The highest BCUT2D eigenvalue weighted by Crippen LogP contribution is 2.40. The smallest absolute Gasteiger partial charge is 0.323 e. The summed E-state index contributed by atoms with van der Waals surface area (Å²) in [5, 5.41) is 6.53. The van der Waals surface area contributed by atoms with Crippen LogP contribution in [-0.4, -0.2) is 18.5 Å². The Hall–Kier alpha value is -2.04. The molecule has 0 saturated heterocycles. The molecule has 0 fully saturated rings. The van der Waals surface area contributed by atoms with Crippen LogP contribution in [0.3, 0.4) is 0 Å². The molecule has 1 radical (unpaired) electrons. The van der Waals surface area contributed by atoms with E-state index in [1.54, 1.807) is 18.2 Å². The van der Waals surface area contributed by atoms with Crippen LogP contribution in [0.4, 0.5) is 21.9 Å². The molecule has 0 aliphatic carbocycles. The number of urea groups is 1. The van der Waals surface area contributed by atoms with Crippen molar-refractivity contribution in [3.63, 3.8) is 0 Å². The van der Waals surface area contributed by atoms with Crippen molar-refractivity contribution in [3.05, 3.63) is 18.2 Å². The van der Waals surface area contributed by atoms with Crippen LogP contribution in [0.2, 0.25) is 0 Å². The van der Waals surface area contributed by atoms with Crippen molar-refractivity contribution >= 4 is 29.0 Å². The van der Waals surface area contributed by atoms with Gasteiger partial charge in [0.1, 0.15) is 6.54 Å². The molecule has 1 N–H and O–H groups in total. The molecule has 0 bridgehead atoms. The molecule has 5 heteroatoms. The van der Waals surface area contributed by atoms with Crippen LogP contribution in [0.5, 0.6) is 0 Å². The molecule has 3 rings (SSSR count). The predicted molar refractivity (Wildman–Crippen MR) is 49.6 cm³/mol. The first-order valence-electron chi connectivity index (χ1n) is 4.22. The molecule has 0 atom stereocenters. The molecule has 0 saturated carbocycles. The van der Waals surface area contributed by atoms with Gasteiger partial charge >= 0.3 is 6.03 Å². The van der Waals surface area contributed by atoms with Crippen LogP contribution < -0.4 is 15.5 Å². The van der Waals surface area contributed by atoms with Crippen molar-refractivity contribution < 1.29 is 9.59 Å². The van der Waals surface area contributed by atoms with Crippen LogP contribution in [0.1, 0.15) is 0 Å². The maximum atomic E-state index is 11.4. The lowest BCUT2D eigenvalue weighted by molar-refractivity contribution is -0.115. The van der Waals surface area contributed by atoms with Crippen LogP contribution in [0.15, 0.2) is 18.2 Å². The number of hydrogen-bond donors (Lipinski definition) is 1. The standard InChI is InChI=1S/C9H6N3O2/c13-7-4-12-8-5(10-7)2-1-3-6(8)11-9(12)14/h1-3H,4H2,(H,10,13). The Morgan fingerprint density at radius 2 is 2.21 bits per heavy atom. The molecule has 2 aliphatic heterocycles. The largest absolute Gasteiger partial charge is 0.349 e. The molecule has 2 heterocycles. The van der Waals surface area contributed by atoms with Crippen LogP contribution >= 0.6 is 0 Å². The van der Waals surface area contributed by atoms with Crippen molar-refractivity contribution in [2.24, 2.45) is 0 Å². The van der Waals surface area contributed by atoms with Gasteiger partial charge in [-0.3, -0.25) is 9.69 Å². The summed E-state index contributed by atoms with van der Waals surface area (Å²) in [6.45, 7) is 0.0619. The Bertz CT molecular complexity index is 455. The minimum absolute atomic E-state index is 0.0619. The van der Waals surface area contributed by atoms with E-state index in [4.69, 9.17) is 0 Å². The average molecular weight is 188 g/mol. The third-order valence-corrected chi connectivity index (χ3v) is 2.31.